The summed E-state index contributed by atoms with van der Waals surface area (Å²) in [7, 11) is 0. The molecule has 1 aromatic carbocycles. The second-order valence-electron chi connectivity index (χ2n) is 6.05. The van der Waals surface area contributed by atoms with Gasteiger partial charge in [-0.1, -0.05) is 37.8 Å². The van der Waals surface area contributed by atoms with E-state index in [2.05, 4.69) is 28.0 Å². The Morgan fingerprint density at radius 2 is 2.07 bits per heavy atom. The van der Waals surface area contributed by atoms with Gasteiger partial charge in [-0.15, -0.1) is 11.3 Å². The summed E-state index contributed by atoms with van der Waals surface area (Å²) in [5.74, 6) is -0.0959. The Morgan fingerprint density at radius 3 is 2.79 bits per heavy atom. The number of nitrogens with zero attached hydrogens (tertiary/aromatic N) is 3. The number of benzene rings is 1. The standard InChI is InChI=1S/C20H16N4O2S2/c1-2-12-13(5-3-6-15(12)23-20(26)27)16-8-9-21-19-14(11-22-24(16)19)18(25)17-7-4-10-28-17/h3-11H,2H2,1H3,(H2,23,26,27). The lowest BCUT2D eigenvalue weighted by atomic mass is 10.00. The normalized spacial score (nSPS) is 10.9. The van der Waals surface area contributed by atoms with E-state index in [0.717, 1.165) is 16.8 Å². The topological polar surface area (TPSA) is 76.4 Å². The van der Waals surface area contributed by atoms with Crippen molar-refractivity contribution in [3.05, 3.63) is 70.2 Å². The molecule has 3 aromatic heterocycles. The Kier molecular flexibility index (Phi) is 4.97. The second kappa shape index (κ2) is 7.57. The van der Waals surface area contributed by atoms with Crippen LogP contribution in [0.1, 0.15) is 27.7 Å². The Balaban J connectivity index is 1.87. The predicted molar refractivity (Wildman–Crippen MR) is 114 cm³/mol. The highest BCUT2D eigenvalue weighted by Crippen LogP contribution is 2.31. The number of aromatic nitrogens is 3. The fraction of sp³-hybridized carbons (Fsp3) is 0.100. The zero-order valence-electron chi connectivity index (χ0n) is 14.9. The maximum absolute atomic E-state index is 12.8. The molecule has 1 N–H and O–H groups in total. The number of nitrogens with one attached hydrogen (secondary N) is 1. The van der Waals surface area contributed by atoms with Crippen LogP contribution in [-0.2, 0) is 6.42 Å². The minimum Gasteiger partial charge on any atom is -0.317 e. The van der Waals surface area contributed by atoms with Gasteiger partial charge in [0.2, 0.25) is 5.78 Å². The lowest BCUT2D eigenvalue weighted by Gasteiger charge is -2.14. The molecule has 0 radical (unpaired) electrons. The van der Waals surface area contributed by atoms with E-state index >= 15 is 0 Å². The van der Waals surface area contributed by atoms with Gasteiger partial charge in [-0.25, -0.2) is 9.50 Å². The van der Waals surface area contributed by atoms with Crippen molar-refractivity contribution < 1.29 is 9.59 Å². The van der Waals surface area contributed by atoms with Gasteiger partial charge in [-0.05, 0) is 35.6 Å². The van der Waals surface area contributed by atoms with Gasteiger partial charge in [-0.2, -0.15) is 5.10 Å². The fourth-order valence-corrected chi connectivity index (χ4v) is 4.03. The molecule has 6 nitrogen and oxygen atoms in total. The molecule has 4 aromatic rings. The number of carbonyl (C=O) groups excluding carboxylic acids is 2. The number of anilines is 1. The number of rotatable bonds is 5. The quantitative estimate of drug-likeness (QED) is 0.370. The van der Waals surface area contributed by atoms with Gasteiger partial charge in [0.05, 0.1) is 22.3 Å². The van der Waals surface area contributed by atoms with Crippen molar-refractivity contribution in [3.63, 3.8) is 0 Å². The molecule has 0 saturated heterocycles. The molecule has 0 atom stereocenters. The van der Waals surface area contributed by atoms with E-state index in [-0.39, 0.29) is 5.78 Å². The monoisotopic (exact) mass is 408 g/mol. The molecular formula is C20H16N4O2S2. The summed E-state index contributed by atoms with van der Waals surface area (Å²) in [5, 5.41) is 8.63. The van der Waals surface area contributed by atoms with Gasteiger partial charge < -0.3 is 5.32 Å². The summed E-state index contributed by atoms with van der Waals surface area (Å²) in [6, 6.07) is 11.1. The Morgan fingerprint density at radius 1 is 1.21 bits per heavy atom. The van der Waals surface area contributed by atoms with Crippen LogP contribution in [0.25, 0.3) is 16.9 Å². The van der Waals surface area contributed by atoms with E-state index < -0.39 is 5.24 Å². The van der Waals surface area contributed by atoms with Crippen molar-refractivity contribution in [1.82, 2.24) is 14.6 Å². The number of ketones is 1. The fourth-order valence-electron chi connectivity index (χ4n) is 3.24. The van der Waals surface area contributed by atoms with Crippen LogP contribution in [0.15, 0.2) is 54.2 Å². The van der Waals surface area contributed by atoms with E-state index in [0.29, 0.717) is 28.2 Å². The highest BCUT2D eigenvalue weighted by Gasteiger charge is 2.19. The maximum atomic E-state index is 12.8. The van der Waals surface area contributed by atoms with Gasteiger partial charge in [0.15, 0.2) is 5.65 Å². The first-order valence-electron chi connectivity index (χ1n) is 8.63. The molecule has 3 heterocycles. The van der Waals surface area contributed by atoms with E-state index in [1.165, 1.54) is 11.3 Å². The molecule has 0 aliphatic heterocycles. The van der Waals surface area contributed by atoms with Gasteiger partial charge in [0.25, 0.3) is 5.24 Å². The largest absolute Gasteiger partial charge is 0.317 e. The SMILES string of the molecule is CCc1c(NC(=O)S)cccc1-c1ccnc2c(C(=O)c3cccs3)cnn12. The number of carbonyl (C=O) groups is 2. The van der Waals surface area contributed by atoms with Crippen molar-refractivity contribution in [2.24, 2.45) is 0 Å². The summed E-state index contributed by atoms with van der Waals surface area (Å²) in [5.41, 5.74) is 4.32. The van der Waals surface area contributed by atoms with Gasteiger partial charge in [-0.3, -0.25) is 9.59 Å². The maximum Gasteiger partial charge on any atom is 0.280 e. The third kappa shape index (κ3) is 3.21. The van der Waals surface area contributed by atoms with E-state index in [4.69, 9.17) is 0 Å². The number of hydrogen-bond acceptors (Lipinski definition) is 5. The minimum absolute atomic E-state index is 0.0959. The molecule has 0 unspecified atom stereocenters. The van der Waals surface area contributed by atoms with Crippen LogP contribution in [0, 0.1) is 0 Å². The lowest BCUT2D eigenvalue weighted by Crippen LogP contribution is -2.06. The Labute approximate surface area is 170 Å². The summed E-state index contributed by atoms with van der Waals surface area (Å²) in [6.07, 6.45) is 3.92. The molecule has 0 fully saturated rings. The Bertz CT molecular complexity index is 1180. The van der Waals surface area contributed by atoms with E-state index in [1.54, 1.807) is 23.0 Å². The lowest BCUT2D eigenvalue weighted by molar-refractivity contribution is 0.104. The van der Waals surface area contributed by atoms with E-state index in [1.807, 2.05) is 42.6 Å². The van der Waals surface area contributed by atoms with Crippen molar-refractivity contribution >= 4 is 46.3 Å². The van der Waals surface area contributed by atoms with Crippen LogP contribution in [0.4, 0.5) is 10.5 Å². The molecule has 0 aliphatic rings. The van der Waals surface area contributed by atoms with Crippen LogP contribution in [0.2, 0.25) is 0 Å². The van der Waals surface area contributed by atoms with Crippen LogP contribution < -0.4 is 5.32 Å². The third-order valence-electron chi connectivity index (χ3n) is 4.44. The third-order valence-corrected chi connectivity index (χ3v) is 5.42. The number of thiol groups is 1. The smallest absolute Gasteiger partial charge is 0.280 e. The summed E-state index contributed by atoms with van der Waals surface area (Å²) in [6.45, 7) is 2.01. The van der Waals surface area contributed by atoms with Crippen LogP contribution in [-0.4, -0.2) is 25.6 Å². The molecule has 0 aliphatic carbocycles. The molecule has 0 saturated carbocycles. The summed E-state index contributed by atoms with van der Waals surface area (Å²) >= 11 is 5.21. The van der Waals surface area contributed by atoms with Gasteiger partial charge in [0.1, 0.15) is 0 Å². The first kappa shape index (κ1) is 18.4. The molecule has 140 valence electrons. The molecule has 1 amide bonds. The van der Waals surface area contributed by atoms with E-state index in [9.17, 15) is 9.59 Å². The van der Waals surface area contributed by atoms with Crippen molar-refractivity contribution in [2.75, 3.05) is 5.32 Å². The zero-order valence-corrected chi connectivity index (χ0v) is 16.6. The predicted octanol–water partition coefficient (Wildman–Crippen LogP) is 4.71. The first-order valence-corrected chi connectivity index (χ1v) is 9.96. The summed E-state index contributed by atoms with van der Waals surface area (Å²) in [4.78, 5) is 29.2. The molecule has 0 bridgehead atoms. The molecule has 28 heavy (non-hydrogen) atoms. The number of thiophene rings is 1. The molecule has 4 rings (SSSR count). The number of hydrogen-bond donors (Lipinski definition) is 2. The van der Waals surface area contributed by atoms with Gasteiger partial charge in [0, 0.05) is 17.4 Å². The highest BCUT2D eigenvalue weighted by atomic mass is 32.1. The number of fused-ring (bicyclic) bond motifs is 1. The van der Waals surface area contributed by atoms with Crippen LogP contribution >= 0.6 is 24.0 Å². The highest BCUT2D eigenvalue weighted by molar-refractivity contribution is 7.96. The van der Waals surface area contributed by atoms with Crippen molar-refractivity contribution in [3.8, 4) is 11.3 Å². The minimum atomic E-state index is -0.422. The van der Waals surface area contributed by atoms with Crippen LogP contribution in [0.5, 0.6) is 0 Å². The second-order valence-corrected chi connectivity index (χ2v) is 7.40. The van der Waals surface area contributed by atoms with Crippen LogP contribution in [0.3, 0.4) is 0 Å². The average molecular weight is 409 g/mol. The Hall–Kier alpha value is -2.97. The average Bonchev–Trinajstić information content (AvgIpc) is 3.36. The summed E-state index contributed by atoms with van der Waals surface area (Å²) < 4.78 is 1.67. The number of amides is 1. The van der Waals surface area contributed by atoms with Crippen molar-refractivity contribution in [1.29, 1.82) is 0 Å². The first-order chi connectivity index (χ1) is 13.6. The van der Waals surface area contributed by atoms with Crippen molar-refractivity contribution in [2.45, 2.75) is 13.3 Å². The molecular weight excluding hydrogens is 392 g/mol. The zero-order chi connectivity index (χ0) is 19.7. The molecule has 8 heteroatoms. The van der Waals surface area contributed by atoms with Gasteiger partial charge >= 0.3 is 0 Å². The molecule has 0 spiro atoms.